The van der Waals surface area contributed by atoms with Gasteiger partial charge in [-0.2, -0.15) is 0 Å². The first-order valence-electron chi connectivity index (χ1n) is 6.02. The fraction of sp³-hybridized carbons (Fsp3) is 0.500. The lowest BCUT2D eigenvalue weighted by atomic mass is 10.2. The maximum atomic E-state index is 5.66. The summed E-state index contributed by atoms with van der Waals surface area (Å²) >= 11 is 1.74. The van der Waals surface area contributed by atoms with Crippen molar-refractivity contribution in [3.05, 3.63) is 17.3 Å². The third kappa shape index (κ3) is 2.00. The van der Waals surface area contributed by atoms with Gasteiger partial charge in [0.05, 0.1) is 12.0 Å². The number of rotatable bonds is 2. The van der Waals surface area contributed by atoms with Crippen molar-refractivity contribution in [1.29, 1.82) is 0 Å². The van der Waals surface area contributed by atoms with E-state index in [1.54, 1.807) is 17.7 Å². The molecule has 0 atom stereocenters. The normalized spacial score (nSPS) is 16.6. The molecule has 0 saturated carbocycles. The van der Waals surface area contributed by atoms with Gasteiger partial charge < -0.3 is 0 Å². The zero-order valence-electron chi connectivity index (χ0n) is 9.85. The van der Waals surface area contributed by atoms with E-state index in [0.29, 0.717) is 0 Å². The lowest BCUT2D eigenvalue weighted by Crippen LogP contribution is -2.30. The maximum Gasteiger partial charge on any atom is 0.164 e. The molecule has 1 aliphatic heterocycles. The average Bonchev–Trinajstić information content (AvgIpc) is 2.82. The highest BCUT2D eigenvalue weighted by Gasteiger charge is 2.17. The van der Waals surface area contributed by atoms with Crippen LogP contribution in [-0.4, -0.2) is 23.1 Å². The minimum absolute atomic E-state index is 0.788. The SMILES string of the molecule is CCc1cc2c(N3CCCCO3)ncnc2s1. The zero-order chi connectivity index (χ0) is 11.7. The van der Waals surface area contributed by atoms with E-state index in [4.69, 9.17) is 4.84 Å². The first kappa shape index (κ1) is 10.9. The fourth-order valence-corrected chi connectivity index (χ4v) is 2.96. The molecular formula is C12H15N3OS. The van der Waals surface area contributed by atoms with Crippen LogP contribution in [0.1, 0.15) is 24.6 Å². The van der Waals surface area contributed by atoms with Crippen molar-refractivity contribution < 1.29 is 4.84 Å². The van der Waals surface area contributed by atoms with Crippen LogP contribution in [0, 0.1) is 0 Å². The Morgan fingerprint density at radius 3 is 3.12 bits per heavy atom. The minimum Gasteiger partial charge on any atom is -0.272 e. The summed E-state index contributed by atoms with van der Waals surface area (Å²) in [5.74, 6) is 0.922. The zero-order valence-corrected chi connectivity index (χ0v) is 10.7. The second-order valence-electron chi connectivity index (χ2n) is 4.12. The molecule has 4 nitrogen and oxygen atoms in total. The second-order valence-corrected chi connectivity index (χ2v) is 5.24. The number of anilines is 1. The molecule has 17 heavy (non-hydrogen) atoms. The smallest absolute Gasteiger partial charge is 0.164 e. The molecule has 0 radical (unpaired) electrons. The van der Waals surface area contributed by atoms with Crippen LogP contribution in [0.5, 0.6) is 0 Å². The Bertz CT molecular complexity index is 519. The summed E-state index contributed by atoms with van der Waals surface area (Å²) in [5, 5.41) is 3.04. The van der Waals surface area contributed by atoms with Crippen molar-refractivity contribution >= 4 is 27.4 Å². The molecular weight excluding hydrogens is 234 g/mol. The van der Waals surface area contributed by atoms with Gasteiger partial charge in [0, 0.05) is 11.4 Å². The van der Waals surface area contributed by atoms with Gasteiger partial charge in [0.2, 0.25) is 0 Å². The molecule has 0 amide bonds. The van der Waals surface area contributed by atoms with Crippen molar-refractivity contribution in [2.24, 2.45) is 0 Å². The highest BCUT2D eigenvalue weighted by atomic mass is 32.1. The van der Waals surface area contributed by atoms with Crippen molar-refractivity contribution in [3.8, 4) is 0 Å². The predicted octanol–water partition coefficient (Wildman–Crippen LogP) is 2.79. The molecule has 5 heteroatoms. The van der Waals surface area contributed by atoms with E-state index in [1.807, 2.05) is 5.06 Å². The highest BCUT2D eigenvalue weighted by molar-refractivity contribution is 7.18. The van der Waals surface area contributed by atoms with Gasteiger partial charge in [-0.15, -0.1) is 11.3 Å². The molecule has 0 N–H and O–H groups in total. The number of hydrogen-bond acceptors (Lipinski definition) is 5. The summed E-state index contributed by atoms with van der Waals surface area (Å²) in [6.45, 7) is 3.87. The van der Waals surface area contributed by atoms with E-state index in [9.17, 15) is 0 Å². The summed E-state index contributed by atoms with van der Waals surface area (Å²) < 4.78 is 0. The number of nitrogens with zero attached hydrogens (tertiary/aromatic N) is 3. The van der Waals surface area contributed by atoms with Gasteiger partial charge >= 0.3 is 0 Å². The summed E-state index contributed by atoms with van der Waals surface area (Å²) in [6.07, 6.45) is 4.97. The number of fused-ring (bicyclic) bond motifs is 1. The summed E-state index contributed by atoms with van der Waals surface area (Å²) in [7, 11) is 0. The van der Waals surface area contributed by atoms with Gasteiger partial charge in [-0.1, -0.05) is 6.92 Å². The quantitative estimate of drug-likeness (QED) is 0.820. The molecule has 2 aromatic heterocycles. The number of thiophene rings is 1. The standard InChI is InChI=1S/C12H15N3OS/c1-2-9-7-10-11(13-8-14-12(10)17-9)15-5-3-4-6-16-15/h7-8H,2-6H2,1H3. The van der Waals surface area contributed by atoms with Crippen molar-refractivity contribution in [3.63, 3.8) is 0 Å². The first-order chi connectivity index (χ1) is 8.38. The molecule has 1 aliphatic rings. The van der Waals surface area contributed by atoms with Crippen LogP contribution < -0.4 is 5.06 Å². The monoisotopic (exact) mass is 249 g/mol. The summed E-state index contributed by atoms with van der Waals surface area (Å²) in [5.41, 5.74) is 0. The molecule has 2 aromatic rings. The number of aryl methyl sites for hydroxylation is 1. The van der Waals surface area contributed by atoms with Crippen LogP contribution in [0.4, 0.5) is 5.82 Å². The molecule has 90 valence electrons. The molecule has 0 spiro atoms. The molecule has 1 fully saturated rings. The van der Waals surface area contributed by atoms with Crippen LogP contribution in [0.3, 0.4) is 0 Å². The van der Waals surface area contributed by atoms with Gasteiger partial charge in [0.15, 0.2) is 5.82 Å². The van der Waals surface area contributed by atoms with Crippen molar-refractivity contribution in [2.75, 3.05) is 18.2 Å². The lowest BCUT2D eigenvalue weighted by Gasteiger charge is -2.26. The molecule has 0 aromatic carbocycles. The van der Waals surface area contributed by atoms with E-state index >= 15 is 0 Å². The summed E-state index contributed by atoms with van der Waals surface area (Å²) in [6, 6.07) is 2.19. The van der Waals surface area contributed by atoms with Gasteiger partial charge in [-0.05, 0) is 25.3 Å². The molecule has 0 bridgehead atoms. The van der Waals surface area contributed by atoms with Gasteiger partial charge in [0.25, 0.3) is 0 Å². The van der Waals surface area contributed by atoms with Gasteiger partial charge in [-0.3, -0.25) is 4.84 Å². The largest absolute Gasteiger partial charge is 0.272 e. The topological polar surface area (TPSA) is 38.2 Å². The van der Waals surface area contributed by atoms with E-state index in [1.165, 1.54) is 4.88 Å². The van der Waals surface area contributed by atoms with E-state index in [2.05, 4.69) is 23.0 Å². The Balaban J connectivity index is 2.05. The van der Waals surface area contributed by atoms with Crippen molar-refractivity contribution in [1.82, 2.24) is 9.97 Å². The highest BCUT2D eigenvalue weighted by Crippen LogP contribution is 2.31. The van der Waals surface area contributed by atoms with Crippen LogP contribution >= 0.6 is 11.3 Å². The van der Waals surface area contributed by atoms with E-state index < -0.39 is 0 Å². The minimum atomic E-state index is 0.788. The molecule has 0 unspecified atom stereocenters. The molecule has 3 rings (SSSR count). The molecule has 1 saturated heterocycles. The second kappa shape index (κ2) is 4.58. The molecule has 0 aliphatic carbocycles. The Labute approximate surface area is 104 Å². The van der Waals surface area contributed by atoms with E-state index in [0.717, 1.165) is 48.4 Å². The van der Waals surface area contributed by atoms with Gasteiger partial charge in [0.1, 0.15) is 11.2 Å². The maximum absolute atomic E-state index is 5.66. The Morgan fingerprint density at radius 1 is 1.41 bits per heavy atom. The van der Waals surface area contributed by atoms with Crippen LogP contribution in [0.25, 0.3) is 10.2 Å². The third-order valence-electron chi connectivity index (χ3n) is 2.95. The van der Waals surface area contributed by atoms with E-state index in [-0.39, 0.29) is 0 Å². The fourth-order valence-electron chi connectivity index (χ4n) is 2.03. The van der Waals surface area contributed by atoms with Gasteiger partial charge in [-0.25, -0.2) is 15.0 Å². The van der Waals surface area contributed by atoms with Crippen LogP contribution in [0.2, 0.25) is 0 Å². The Kier molecular flexibility index (Phi) is 2.94. The Hall–Kier alpha value is -1.20. The Morgan fingerprint density at radius 2 is 2.35 bits per heavy atom. The van der Waals surface area contributed by atoms with Crippen LogP contribution in [-0.2, 0) is 11.3 Å². The van der Waals surface area contributed by atoms with Crippen molar-refractivity contribution in [2.45, 2.75) is 26.2 Å². The number of hydrogen-bond donors (Lipinski definition) is 0. The van der Waals surface area contributed by atoms with Crippen LogP contribution in [0.15, 0.2) is 12.4 Å². The average molecular weight is 249 g/mol. The summed E-state index contributed by atoms with van der Waals surface area (Å²) in [4.78, 5) is 16.8. The predicted molar refractivity (Wildman–Crippen MR) is 69.3 cm³/mol. The third-order valence-corrected chi connectivity index (χ3v) is 4.13. The number of aromatic nitrogens is 2. The molecule has 3 heterocycles. The lowest BCUT2D eigenvalue weighted by molar-refractivity contribution is 0.0767. The number of hydroxylamine groups is 1. The first-order valence-corrected chi connectivity index (χ1v) is 6.84.